The molecule has 3 heterocycles. The zero-order chi connectivity index (χ0) is 15.9. The van der Waals surface area contributed by atoms with Gasteiger partial charge in [-0.2, -0.15) is 0 Å². The van der Waals surface area contributed by atoms with Crippen LogP contribution in [-0.2, 0) is 6.54 Å². The number of rotatable bonds is 4. The number of amides is 2. The normalized spacial score (nSPS) is 17.6. The van der Waals surface area contributed by atoms with E-state index in [0.717, 1.165) is 31.6 Å². The molecule has 1 aliphatic rings. The molecular weight excluding hydrogens is 292 g/mol. The first kappa shape index (κ1) is 15.2. The number of carbonyl (C=O) groups is 1. The molecule has 0 spiro atoms. The van der Waals surface area contributed by atoms with Gasteiger partial charge in [-0.3, -0.25) is 4.98 Å². The third kappa shape index (κ3) is 4.38. The molecular formula is C16H20N6O. The van der Waals surface area contributed by atoms with Gasteiger partial charge < -0.3 is 15.5 Å². The molecule has 2 amide bonds. The number of nitrogens with one attached hydrogen (secondary N) is 2. The Balaban J connectivity index is 1.48. The highest BCUT2D eigenvalue weighted by Crippen LogP contribution is 2.15. The third-order valence-corrected chi connectivity index (χ3v) is 3.75. The number of hydrogen-bond donors (Lipinski definition) is 2. The lowest BCUT2D eigenvalue weighted by atomic mass is 10.1. The topological polar surface area (TPSA) is 83.0 Å². The fraction of sp³-hybridized carbons (Fsp3) is 0.375. The van der Waals surface area contributed by atoms with Crippen molar-refractivity contribution < 1.29 is 4.79 Å². The van der Waals surface area contributed by atoms with Crippen LogP contribution in [0.1, 0.15) is 18.5 Å². The summed E-state index contributed by atoms with van der Waals surface area (Å²) in [7, 11) is 0. The van der Waals surface area contributed by atoms with Crippen LogP contribution in [-0.4, -0.2) is 40.1 Å². The average Bonchev–Trinajstić information content (AvgIpc) is 2.62. The van der Waals surface area contributed by atoms with E-state index in [2.05, 4.69) is 30.5 Å². The van der Waals surface area contributed by atoms with E-state index < -0.39 is 0 Å². The minimum absolute atomic E-state index is 0.0938. The van der Waals surface area contributed by atoms with Gasteiger partial charge in [0.15, 0.2) is 0 Å². The van der Waals surface area contributed by atoms with Crippen molar-refractivity contribution in [3.8, 4) is 0 Å². The summed E-state index contributed by atoms with van der Waals surface area (Å²) in [4.78, 5) is 26.9. The lowest BCUT2D eigenvalue weighted by Crippen LogP contribution is -2.50. The number of urea groups is 1. The molecule has 0 saturated carbocycles. The Morgan fingerprint density at radius 3 is 2.78 bits per heavy atom. The molecule has 23 heavy (non-hydrogen) atoms. The summed E-state index contributed by atoms with van der Waals surface area (Å²) < 4.78 is 0. The molecule has 7 heteroatoms. The van der Waals surface area contributed by atoms with Crippen LogP contribution in [0.2, 0.25) is 0 Å². The highest BCUT2D eigenvalue weighted by atomic mass is 16.2. The lowest BCUT2D eigenvalue weighted by molar-refractivity contribution is 0.234. The average molecular weight is 312 g/mol. The van der Waals surface area contributed by atoms with Crippen molar-refractivity contribution in [2.75, 3.05) is 18.0 Å². The molecule has 2 aromatic heterocycles. The first-order valence-corrected chi connectivity index (χ1v) is 7.77. The fourth-order valence-corrected chi connectivity index (χ4v) is 2.64. The SMILES string of the molecule is O=C(NCc1ccccn1)N[C@H]1CCCN(c2ncccn2)C1. The second-order valence-corrected chi connectivity index (χ2v) is 5.48. The third-order valence-electron chi connectivity index (χ3n) is 3.75. The number of aromatic nitrogens is 3. The Hall–Kier alpha value is -2.70. The van der Waals surface area contributed by atoms with Crippen molar-refractivity contribution >= 4 is 12.0 Å². The summed E-state index contributed by atoms with van der Waals surface area (Å²) in [6.07, 6.45) is 7.15. The molecule has 2 N–H and O–H groups in total. The highest BCUT2D eigenvalue weighted by molar-refractivity contribution is 5.74. The van der Waals surface area contributed by atoms with E-state index in [4.69, 9.17) is 0 Å². The molecule has 1 aliphatic heterocycles. The van der Waals surface area contributed by atoms with Crippen molar-refractivity contribution in [1.29, 1.82) is 0 Å². The van der Waals surface area contributed by atoms with Crippen LogP contribution in [0.5, 0.6) is 0 Å². The number of anilines is 1. The summed E-state index contributed by atoms with van der Waals surface area (Å²) in [5.41, 5.74) is 0.839. The van der Waals surface area contributed by atoms with Gasteiger partial charge in [-0.15, -0.1) is 0 Å². The molecule has 120 valence electrons. The quantitative estimate of drug-likeness (QED) is 0.890. The standard InChI is InChI=1S/C16H20N6O/c23-16(20-11-13-5-1-2-7-17-13)21-14-6-3-10-22(12-14)15-18-8-4-9-19-15/h1-2,4-5,7-9,14H,3,6,10-12H2,(H2,20,21,23)/t14-/m0/s1. The van der Waals surface area contributed by atoms with Crippen LogP contribution in [0.4, 0.5) is 10.7 Å². The summed E-state index contributed by atoms with van der Waals surface area (Å²) in [6.45, 7) is 2.06. The van der Waals surface area contributed by atoms with Crippen LogP contribution in [0.25, 0.3) is 0 Å². The van der Waals surface area contributed by atoms with Crippen LogP contribution in [0, 0.1) is 0 Å². The predicted octanol–water partition coefficient (Wildman–Crippen LogP) is 1.34. The minimum Gasteiger partial charge on any atom is -0.339 e. The van der Waals surface area contributed by atoms with Gasteiger partial charge in [0.25, 0.3) is 0 Å². The Kier molecular flexibility index (Phi) is 4.98. The van der Waals surface area contributed by atoms with Gasteiger partial charge in [0.1, 0.15) is 0 Å². The summed E-state index contributed by atoms with van der Waals surface area (Å²) in [6, 6.07) is 7.36. The van der Waals surface area contributed by atoms with Gasteiger partial charge >= 0.3 is 6.03 Å². The van der Waals surface area contributed by atoms with Gasteiger partial charge in [0.05, 0.1) is 12.2 Å². The zero-order valence-electron chi connectivity index (χ0n) is 12.9. The molecule has 0 bridgehead atoms. The van der Waals surface area contributed by atoms with Crippen molar-refractivity contribution in [1.82, 2.24) is 25.6 Å². The number of nitrogens with zero attached hydrogens (tertiary/aromatic N) is 4. The van der Waals surface area contributed by atoms with Gasteiger partial charge in [-0.1, -0.05) is 6.07 Å². The van der Waals surface area contributed by atoms with E-state index in [1.807, 2.05) is 18.2 Å². The molecule has 0 aliphatic carbocycles. The van der Waals surface area contributed by atoms with E-state index in [0.29, 0.717) is 12.5 Å². The van der Waals surface area contributed by atoms with Gasteiger partial charge in [0, 0.05) is 37.7 Å². The summed E-state index contributed by atoms with van der Waals surface area (Å²) in [5.74, 6) is 0.716. The van der Waals surface area contributed by atoms with E-state index >= 15 is 0 Å². The molecule has 1 atom stereocenters. The smallest absolute Gasteiger partial charge is 0.315 e. The van der Waals surface area contributed by atoms with Crippen LogP contribution in [0.15, 0.2) is 42.9 Å². The van der Waals surface area contributed by atoms with Gasteiger partial charge in [-0.05, 0) is 31.0 Å². The second kappa shape index (κ2) is 7.53. The lowest BCUT2D eigenvalue weighted by Gasteiger charge is -2.33. The number of pyridine rings is 1. The number of hydrogen-bond acceptors (Lipinski definition) is 5. The predicted molar refractivity (Wildman–Crippen MR) is 86.9 cm³/mol. The summed E-state index contributed by atoms with van der Waals surface area (Å²) in [5, 5.41) is 5.85. The van der Waals surface area contributed by atoms with Crippen LogP contribution in [0.3, 0.4) is 0 Å². The van der Waals surface area contributed by atoms with Gasteiger partial charge in [-0.25, -0.2) is 14.8 Å². The Morgan fingerprint density at radius 2 is 2.00 bits per heavy atom. The molecule has 0 aromatic carbocycles. The van der Waals surface area contributed by atoms with E-state index in [1.54, 1.807) is 24.7 Å². The molecule has 0 unspecified atom stereocenters. The molecule has 3 rings (SSSR count). The summed E-state index contributed by atoms with van der Waals surface area (Å²) >= 11 is 0. The minimum atomic E-state index is -0.170. The Labute approximate surface area is 135 Å². The van der Waals surface area contributed by atoms with E-state index in [-0.39, 0.29) is 12.1 Å². The maximum atomic E-state index is 12.0. The van der Waals surface area contributed by atoms with Crippen molar-refractivity contribution in [2.24, 2.45) is 0 Å². The van der Waals surface area contributed by atoms with E-state index in [9.17, 15) is 4.79 Å². The molecule has 7 nitrogen and oxygen atoms in total. The maximum absolute atomic E-state index is 12.0. The van der Waals surface area contributed by atoms with Crippen molar-refractivity contribution in [3.63, 3.8) is 0 Å². The van der Waals surface area contributed by atoms with Crippen molar-refractivity contribution in [3.05, 3.63) is 48.5 Å². The molecule has 0 radical (unpaired) electrons. The monoisotopic (exact) mass is 312 g/mol. The zero-order valence-corrected chi connectivity index (χ0v) is 12.9. The largest absolute Gasteiger partial charge is 0.339 e. The van der Waals surface area contributed by atoms with Crippen LogP contribution < -0.4 is 15.5 Å². The fourth-order valence-electron chi connectivity index (χ4n) is 2.64. The van der Waals surface area contributed by atoms with E-state index in [1.165, 1.54) is 0 Å². The molecule has 2 aromatic rings. The molecule has 1 fully saturated rings. The first-order chi connectivity index (χ1) is 11.3. The Morgan fingerprint density at radius 1 is 1.17 bits per heavy atom. The number of carbonyl (C=O) groups excluding carboxylic acids is 1. The first-order valence-electron chi connectivity index (χ1n) is 7.77. The van der Waals surface area contributed by atoms with Crippen molar-refractivity contribution in [2.45, 2.75) is 25.4 Å². The van der Waals surface area contributed by atoms with Gasteiger partial charge in [0.2, 0.25) is 5.95 Å². The second-order valence-electron chi connectivity index (χ2n) is 5.48. The molecule has 1 saturated heterocycles. The number of piperidine rings is 1. The Bertz CT molecular complexity index is 621. The highest BCUT2D eigenvalue weighted by Gasteiger charge is 2.22. The van der Waals surface area contributed by atoms with Crippen LogP contribution >= 0.6 is 0 Å². The maximum Gasteiger partial charge on any atom is 0.315 e.